The van der Waals surface area contributed by atoms with E-state index in [0.717, 1.165) is 14.4 Å². The smallest absolute Gasteiger partial charge is 0.283 e. The standard InChI is InChI=1S/C24H23IN4O4S/c1-4-20-28-29-22(26)17(23(30)27-24(29)34-20)11-15-12-18(25)21(19(13-15)31-3)33-10-9-32-16-7-5-14(2)6-8-16/h5-8,11-13,26H,4,9-10H2,1-3H3/b17-11-,26-22?. The molecule has 0 saturated heterocycles. The molecule has 1 amide bonds. The lowest BCUT2D eigenvalue weighted by molar-refractivity contribution is -0.114. The average molecular weight is 590 g/mol. The molecular formula is C24H23IN4O4S. The zero-order valence-electron chi connectivity index (χ0n) is 18.9. The van der Waals surface area contributed by atoms with Crippen LogP contribution in [0.25, 0.3) is 6.08 Å². The summed E-state index contributed by atoms with van der Waals surface area (Å²) in [6.45, 7) is 4.72. The highest BCUT2D eigenvalue weighted by atomic mass is 127. The number of aryl methyl sites for hydroxylation is 1. The molecule has 0 atom stereocenters. The Morgan fingerprint density at radius 2 is 1.91 bits per heavy atom. The van der Waals surface area contributed by atoms with E-state index in [1.807, 2.05) is 44.2 Å². The molecule has 4 rings (SSSR count). The van der Waals surface area contributed by atoms with Gasteiger partial charge in [0.15, 0.2) is 17.3 Å². The molecule has 176 valence electrons. The average Bonchev–Trinajstić information content (AvgIpc) is 3.24. The van der Waals surface area contributed by atoms with Gasteiger partial charge in [0.2, 0.25) is 5.17 Å². The quantitative estimate of drug-likeness (QED) is 0.261. The van der Waals surface area contributed by atoms with Gasteiger partial charge in [0.1, 0.15) is 24.0 Å². The van der Waals surface area contributed by atoms with Crippen LogP contribution in [0.15, 0.2) is 52.1 Å². The molecule has 0 radical (unpaired) electrons. The topological polar surface area (TPSA) is 96.6 Å². The van der Waals surface area contributed by atoms with Crippen molar-refractivity contribution in [3.63, 3.8) is 0 Å². The summed E-state index contributed by atoms with van der Waals surface area (Å²) in [7, 11) is 1.56. The number of amidine groups is 2. The molecule has 1 N–H and O–H groups in total. The number of hydrazone groups is 1. The molecule has 0 bridgehead atoms. The van der Waals surface area contributed by atoms with Gasteiger partial charge in [0.25, 0.3) is 5.91 Å². The van der Waals surface area contributed by atoms with Crippen LogP contribution in [0.3, 0.4) is 0 Å². The molecule has 0 aliphatic carbocycles. The number of amides is 1. The third-order valence-electron chi connectivity index (χ3n) is 4.98. The Balaban J connectivity index is 1.48. The predicted octanol–water partition coefficient (Wildman–Crippen LogP) is 5.10. The van der Waals surface area contributed by atoms with Gasteiger partial charge in [-0.15, -0.1) is 0 Å². The summed E-state index contributed by atoms with van der Waals surface area (Å²) >= 11 is 3.48. The number of halogens is 1. The zero-order valence-corrected chi connectivity index (χ0v) is 21.9. The largest absolute Gasteiger partial charge is 0.493 e. The molecule has 2 heterocycles. The van der Waals surface area contributed by atoms with Gasteiger partial charge >= 0.3 is 0 Å². The first-order chi connectivity index (χ1) is 16.4. The molecule has 8 nitrogen and oxygen atoms in total. The number of hydrogen-bond acceptors (Lipinski definition) is 7. The Morgan fingerprint density at radius 3 is 2.62 bits per heavy atom. The van der Waals surface area contributed by atoms with Crippen molar-refractivity contribution in [2.24, 2.45) is 10.1 Å². The first kappa shape index (κ1) is 24.3. The number of fused-ring (bicyclic) bond motifs is 1. The number of hydrogen-bond donors (Lipinski definition) is 1. The van der Waals surface area contributed by atoms with Gasteiger partial charge < -0.3 is 14.2 Å². The minimum absolute atomic E-state index is 0.00788. The summed E-state index contributed by atoms with van der Waals surface area (Å²) in [6.07, 6.45) is 2.34. The van der Waals surface area contributed by atoms with Gasteiger partial charge in [0, 0.05) is 0 Å². The van der Waals surface area contributed by atoms with Crippen LogP contribution in [0.5, 0.6) is 17.2 Å². The lowest BCUT2D eigenvalue weighted by atomic mass is 10.1. The minimum atomic E-state index is -0.459. The Morgan fingerprint density at radius 1 is 1.18 bits per heavy atom. The van der Waals surface area contributed by atoms with Crippen LogP contribution in [-0.4, -0.2) is 47.3 Å². The molecular weight excluding hydrogens is 567 g/mol. The Kier molecular flexibility index (Phi) is 7.57. The summed E-state index contributed by atoms with van der Waals surface area (Å²) in [5.41, 5.74) is 2.04. The van der Waals surface area contributed by atoms with Crippen molar-refractivity contribution in [3.8, 4) is 17.2 Å². The molecule has 2 aromatic carbocycles. The Bertz CT molecular complexity index is 1220. The second kappa shape index (κ2) is 10.6. The fourth-order valence-corrected chi connectivity index (χ4v) is 4.85. The highest BCUT2D eigenvalue weighted by Crippen LogP contribution is 2.35. The van der Waals surface area contributed by atoms with Crippen LogP contribution in [0.4, 0.5) is 0 Å². The Labute approximate surface area is 215 Å². The fourth-order valence-electron chi connectivity index (χ4n) is 3.24. The van der Waals surface area contributed by atoms with Crippen molar-refractivity contribution < 1.29 is 19.0 Å². The zero-order chi connectivity index (χ0) is 24.2. The van der Waals surface area contributed by atoms with E-state index in [-0.39, 0.29) is 11.4 Å². The number of carbonyl (C=O) groups excluding carboxylic acids is 1. The summed E-state index contributed by atoms with van der Waals surface area (Å²) < 4.78 is 18.0. The number of ether oxygens (including phenoxy) is 3. The van der Waals surface area contributed by atoms with Gasteiger partial charge in [-0.2, -0.15) is 15.1 Å². The number of benzene rings is 2. The molecule has 2 aliphatic rings. The number of rotatable bonds is 8. The van der Waals surface area contributed by atoms with Crippen LogP contribution in [0.2, 0.25) is 0 Å². The lowest BCUT2D eigenvalue weighted by Gasteiger charge is -2.20. The Hall–Kier alpha value is -2.86. The first-order valence-electron chi connectivity index (χ1n) is 10.6. The summed E-state index contributed by atoms with van der Waals surface area (Å²) in [5.74, 6) is 1.45. The van der Waals surface area contributed by atoms with Crippen LogP contribution >= 0.6 is 34.4 Å². The normalized spacial score (nSPS) is 16.4. The van der Waals surface area contributed by atoms with Gasteiger partial charge in [-0.05, 0) is 83.6 Å². The lowest BCUT2D eigenvalue weighted by Crippen LogP contribution is -2.35. The van der Waals surface area contributed by atoms with Crippen molar-refractivity contribution in [3.05, 3.63) is 56.7 Å². The number of carbonyl (C=O) groups is 1. The van der Waals surface area contributed by atoms with Crippen LogP contribution in [0.1, 0.15) is 24.5 Å². The van der Waals surface area contributed by atoms with Gasteiger partial charge in [-0.1, -0.05) is 24.6 Å². The third kappa shape index (κ3) is 5.27. The van der Waals surface area contributed by atoms with Crippen molar-refractivity contribution in [1.29, 1.82) is 5.41 Å². The van der Waals surface area contributed by atoms with Crippen molar-refractivity contribution in [1.82, 2.24) is 5.01 Å². The SMILES string of the molecule is CCC1=NN2C(=N)/C(=C/c3cc(I)c(OCCOc4ccc(C)cc4)c(OC)c3)C(=O)N=C2S1. The van der Waals surface area contributed by atoms with E-state index < -0.39 is 5.91 Å². The third-order valence-corrected chi connectivity index (χ3v) is 6.84. The molecule has 0 spiro atoms. The first-order valence-corrected chi connectivity index (χ1v) is 12.5. The molecule has 10 heteroatoms. The van der Waals surface area contributed by atoms with Gasteiger partial charge in [-0.3, -0.25) is 10.2 Å². The molecule has 2 aliphatic heterocycles. The summed E-state index contributed by atoms with van der Waals surface area (Å²) in [4.78, 5) is 16.7. The van der Waals surface area contributed by atoms with Crippen molar-refractivity contribution in [2.75, 3.05) is 20.3 Å². The molecule has 0 saturated carbocycles. The predicted molar refractivity (Wildman–Crippen MR) is 143 cm³/mol. The second-order valence-electron chi connectivity index (χ2n) is 7.41. The maximum atomic E-state index is 12.6. The summed E-state index contributed by atoms with van der Waals surface area (Å²) in [5, 5.41) is 15.5. The molecule has 0 unspecified atom stereocenters. The fraction of sp³-hybridized carbons (Fsp3) is 0.250. The van der Waals surface area contributed by atoms with E-state index in [9.17, 15) is 4.79 Å². The number of thioether (sulfide) groups is 1. The van der Waals surface area contributed by atoms with E-state index >= 15 is 0 Å². The minimum Gasteiger partial charge on any atom is -0.493 e. The molecule has 2 aromatic rings. The number of methoxy groups -OCH3 is 1. The molecule has 0 fully saturated rings. The molecule has 0 aromatic heterocycles. The highest BCUT2D eigenvalue weighted by molar-refractivity contribution is 14.1. The monoisotopic (exact) mass is 590 g/mol. The van der Waals surface area contributed by atoms with Gasteiger partial charge in [-0.25, -0.2) is 0 Å². The second-order valence-corrected chi connectivity index (χ2v) is 9.61. The highest BCUT2D eigenvalue weighted by Gasteiger charge is 2.35. The maximum absolute atomic E-state index is 12.6. The number of aliphatic imine (C=N–C) groups is 1. The number of nitrogens with one attached hydrogen (secondary N) is 1. The maximum Gasteiger partial charge on any atom is 0.283 e. The van der Waals surface area contributed by atoms with E-state index in [1.165, 1.54) is 22.3 Å². The van der Waals surface area contributed by atoms with E-state index in [4.69, 9.17) is 19.6 Å². The van der Waals surface area contributed by atoms with E-state index in [0.29, 0.717) is 41.9 Å². The number of nitrogens with zero attached hydrogens (tertiary/aromatic N) is 3. The van der Waals surface area contributed by atoms with Crippen molar-refractivity contribution >= 4 is 62.4 Å². The van der Waals surface area contributed by atoms with Crippen molar-refractivity contribution in [2.45, 2.75) is 20.3 Å². The van der Waals surface area contributed by atoms with Crippen LogP contribution in [0, 0.1) is 15.9 Å². The van der Waals surface area contributed by atoms with E-state index in [2.05, 4.69) is 32.7 Å². The van der Waals surface area contributed by atoms with Crippen LogP contribution < -0.4 is 14.2 Å². The summed E-state index contributed by atoms with van der Waals surface area (Å²) in [6, 6.07) is 11.5. The molecule has 34 heavy (non-hydrogen) atoms. The van der Waals surface area contributed by atoms with Crippen LogP contribution in [-0.2, 0) is 4.79 Å². The van der Waals surface area contributed by atoms with Gasteiger partial charge in [0.05, 0.1) is 16.3 Å². The van der Waals surface area contributed by atoms with E-state index in [1.54, 1.807) is 19.3 Å².